The minimum atomic E-state index is -0.905. The summed E-state index contributed by atoms with van der Waals surface area (Å²) in [6.07, 6.45) is 1.77. The van der Waals surface area contributed by atoms with Crippen LogP contribution < -0.4 is 0 Å². The number of ether oxygens (including phenoxy) is 1. The van der Waals surface area contributed by atoms with E-state index in [-0.39, 0.29) is 19.0 Å². The maximum Gasteiger partial charge on any atom is 0.253 e. The fourth-order valence-corrected chi connectivity index (χ4v) is 4.76. The van der Waals surface area contributed by atoms with Crippen molar-refractivity contribution in [1.82, 2.24) is 9.80 Å². The number of nitrogens with zero attached hydrogens (tertiary/aromatic N) is 2. The first-order valence-corrected chi connectivity index (χ1v) is 11.4. The van der Waals surface area contributed by atoms with Gasteiger partial charge in [-0.15, -0.1) is 0 Å². The van der Waals surface area contributed by atoms with Gasteiger partial charge in [-0.1, -0.05) is 49.4 Å². The summed E-state index contributed by atoms with van der Waals surface area (Å²) in [6.45, 7) is 9.95. The van der Waals surface area contributed by atoms with E-state index in [9.17, 15) is 9.90 Å². The summed E-state index contributed by atoms with van der Waals surface area (Å²) in [5, 5.41) is 10.1. The topological polar surface area (TPSA) is 53.0 Å². The molecule has 2 saturated heterocycles. The first kappa shape index (κ1) is 22.0. The van der Waals surface area contributed by atoms with Crippen molar-refractivity contribution in [3.63, 3.8) is 0 Å². The van der Waals surface area contributed by atoms with Crippen LogP contribution in [0, 0.1) is 0 Å². The van der Waals surface area contributed by atoms with Crippen LogP contribution in [0.25, 0.3) is 0 Å². The minimum Gasteiger partial charge on any atom is -0.386 e. The number of morpholine rings is 1. The average Bonchev–Trinajstić information content (AvgIpc) is 2.79. The van der Waals surface area contributed by atoms with E-state index < -0.39 is 5.60 Å². The molecule has 1 atom stereocenters. The van der Waals surface area contributed by atoms with Crippen LogP contribution in [-0.4, -0.2) is 59.1 Å². The predicted octanol–water partition coefficient (Wildman–Crippen LogP) is 4.23. The molecule has 4 rings (SSSR count). The lowest BCUT2D eigenvalue weighted by atomic mass is 9.87. The van der Waals surface area contributed by atoms with Gasteiger partial charge in [-0.3, -0.25) is 9.69 Å². The van der Waals surface area contributed by atoms with E-state index in [1.165, 1.54) is 5.56 Å². The van der Waals surface area contributed by atoms with Gasteiger partial charge in [0.05, 0.1) is 17.3 Å². The number of benzene rings is 2. The Morgan fingerprint density at radius 3 is 2.35 bits per heavy atom. The number of carbonyl (C=O) groups excluding carboxylic acids is 1. The highest BCUT2D eigenvalue weighted by Gasteiger charge is 2.43. The second-order valence-corrected chi connectivity index (χ2v) is 9.46. The molecule has 2 heterocycles. The third-order valence-electron chi connectivity index (χ3n) is 6.75. The van der Waals surface area contributed by atoms with Gasteiger partial charge in [0, 0.05) is 33.2 Å². The molecule has 1 spiro atoms. The highest BCUT2D eigenvalue weighted by molar-refractivity contribution is 5.94. The van der Waals surface area contributed by atoms with Crippen molar-refractivity contribution in [1.29, 1.82) is 0 Å². The first-order valence-electron chi connectivity index (χ1n) is 11.4. The van der Waals surface area contributed by atoms with Crippen LogP contribution in [0.1, 0.15) is 62.6 Å². The lowest BCUT2D eigenvalue weighted by molar-refractivity contribution is -0.175. The number of carbonyl (C=O) groups is 1. The second kappa shape index (κ2) is 8.73. The number of amides is 1. The minimum absolute atomic E-state index is 0. The van der Waals surface area contributed by atoms with Gasteiger partial charge in [-0.25, -0.2) is 0 Å². The molecule has 2 aliphatic heterocycles. The van der Waals surface area contributed by atoms with Crippen LogP contribution >= 0.6 is 0 Å². The maximum atomic E-state index is 13.1. The molecule has 2 aromatic rings. The highest BCUT2D eigenvalue weighted by Crippen LogP contribution is 2.38. The SMILES string of the molecule is CCN1CC(c2ccccc2)OC2(CCN(C(=O)c3ccc(C(C)(C)O)cc3)CC2)C1.[HH]. The molecule has 2 aromatic carbocycles. The Kier molecular flexibility index (Phi) is 6.20. The van der Waals surface area contributed by atoms with Gasteiger partial charge in [0.2, 0.25) is 0 Å². The number of aliphatic hydroxyl groups is 1. The van der Waals surface area contributed by atoms with Crippen molar-refractivity contribution in [2.75, 3.05) is 32.7 Å². The van der Waals surface area contributed by atoms with Crippen molar-refractivity contribution < 1.29 is 16.1 Å². The van der Waals surface area contributed by atoms with Crippen LogP contribution in [0.3, 0.4) is 0 Å². The molecule has 31 heavy (non-hydrogen) atoms. The molecule has 168 valence electrons. The van der Waals surface area contributed by atoms with Crippen LogP contribution in [0.15, 0.2) is 54.6 Å². The van der Waals surface area contributed by atoms with E-state index >= 15 is 0 Å². The molecule has 0 aliphatic carbocycles. The van der Waals surface area contributed by atoms with Crippen LogP contribution in [0.4, 0.5) is 0 Å². The molecule has 1 unspecified atom stereocenters. The van der Waals surface area contributed by atoms with E-state index in [2.05, 4.69) is 36.1 Å². The zero-order valence-electron chi connectivity index (χ0n) is 18.9. The summed E-state index contributed by atoms with van der Waals surface area (Å²) in [6, 6.07) is 17.8. The zero-order valence-corrected chi connectivity index (χ0v) is 18.9. The lowest BCUT2D eigenvalue weighted by Crippen LogP contribution is -2.58. The van der Waals surface area contributed by atoms with E-state index in [0.717, 1.165) is 38.0 Å². The molecule has 2 fully saturated rings. The molecular weight excluding hydrogens is 388 g/mol. The fourth-order valence-electron chi connectivity index (χ4n) is 4.76. The zero-order chi connectivity index (χ0) is 22.1. The monoisotopic (exact) mass is 424 g/mol. The van der Waals surface area contributed by atoms with Crippen molar-refractivity contribution in [2.45, 2.75) is 50.9 Å². The normalized spacial score (nSPS) is 21.9. The number of piperidine rings is 1. The Balaban J connectivity index is 0.00000289. The van der Waals surface area contributed by atoms with Crippen molar-refractivity contribution in [3.05, 3.63) is 71.3 Å². The third-order valence-corrected chi connectivity index (χ3v) is 6.75. The van der Waals surface area contributed by atoms with Gasteiger partial charge < -0.3 is 14.7 Å². The van der Waals surface area contributed by atoms with Gasteiger partial charge in [0.15, 0.2) is 0 Å². The number of hydrogen-bond acceptors (Lipinski definition) is 4. The molecule has 0 saturated carbocycles. The van der Waals surface area contributed by atoms with Crippen LogP contribution in [-0.2, 0) is 10.3 Å². The summed E-state index contributed by atoms with van der Waals surface area (Å²) in [7, 11) is 0. The van der Waals surface area contributed by atoms with E-state index in [1.807, 2.05) is 35.2 Å². The molecule has 0 aromatic heterocycles. The van der Waals surface area contributed by atoms with Crippen molar-refractivity contribution in [2.24, 2.45) is 0 Å². The van der Waals surface area contributed by atoms with Crippen LogP contribution in [0.2, 0.25) is 0 Å². The van der Waals surface area contributed by atoms with E-state index in [0.29, 0.717) is 18.7 Å². The Labute approximate surface area is 187 Å². The highest BCUT2D eigenvalue weighted by atomic mass is 16.5. The quantitative estimate of drug-likeness (QED) is 0.798. The Bertz CT molecular complexity index is 888. The molecule has 2 aliphatic rings. The van der Waals surface area contributed by atoms with Crippen molar-refractivity contribution in [3.8, 4) is 0 Å². The number of likely N-dealkylation sites (N-methyl/N-ethyl adjacent to an activating group) is 1. The third kappa shape index (κ3) is 4.84. The smallest absolute Gasteiger partial charge is 0.253 e. The number of hydrogen-bond donors (Lipinski definition) is 1. The molecule has 0 bridgehead atoms. The fraction of sp³-hybridized carbons (Fsp3) is 0.500. The van der Waals surface area contributed by atoms with Crippen LogP contribution in [0.5, 0.6) is 0 Å². The van der Waals surface area contributed by atoms with Gasteiger partial charge >= 0.3 is 0 Å². The summed E-state index contributed by atoms with van der Waals surface area (Å²) in [4.78, 5) is 17.5. The Morgan fingerprint density at radius 1 is 1.13 bits per heavy atom. The van der Waals surface area contributed by atoms with Crippen molar-refractivity contribution >= 4 is 5.91 Å². The van der Waals surface area contributed by atoms with E-state index in [4.69, 9.17) is 4.74 Å². The molecule has 1 N–H and O–H groups in total. The number of rotatable bonds is 4. The second-order valence-electron chi connectivity index (χ2n) is 9.46. The Hall–Kier alpha value is -2.21. The van der Waals surface area contributed by atoms with Gasteiger partial charge in [0.25, 0.3) is 5.91 Å². The summed E-state index contributed by atoms with van der Waals surface area (Å²) >= 11 is 0. The standard InChI is InChI=1S/C26H34N2O3.H2/c1-4-27-18-23(20-8-6-5-7-9-20)31-26(19-27)14-16-28(17-15-26)24(29)21-10-12-22(13-11-21)25(2,3)30;/h5-13,23,30H,4,14-19H2,1-3H3;1H. The predicted molar refractivity (Wildman–Crippen MR) is 124 cm³/mol. The molecule has 0 radical (unpaired) electrons. The molecule has 1 amide bonds. The molecule has 5 nitrogen and oxygen atoms in total. The molecular formula is C26H36N2O3. The Morgan fingerprint density at radius 2 is 1.77 bits per heavy atom. The largest absolute Gasteiger partial charge is 0.386 e. The lowest BCUT2D eigenvalue weighted by Gasteiger charge is -2.50. The first-order chi connectivity index (χ1) is 14.8. The van der Waals surface area contributed by atoms with E-state index in [1.54, 1.807) is 13.8 Å². The van der Waals surface area contributed by atoms with Gasteiger partial charge in [0.1, 0.15) is 0 Å². The van der Waals surface area contributed by atoms with Gasteiger partial charge in [-0.2, -0.15) is 0 Å². The summed E-state index contributed by atoms with van der Waals surface area (Å²) in [5.74, 6) is 0.0555. The molecule has 5 heteroatoms. The van der Waals surface area contributed by atoms with Gasteiger partial charge in [-0.05, 0) is 56.5 Å². The average molecular weight is 425 g/mol. The summed E-state index contributed by atoms with van der Waals surface area (Å²) in [5.41, 5.74) is 1.61. The number of likely N-dealkylation sites (tertiary alicyclic amines) is 1. The maximum absolute atomic E-state index is 13.1. The summed E-state index contributed by atoms with van der Waals surface area (Å²) < 4.78 is 6.71.